The molecule has 0 spiro atoms. The van der Waals surface area contributed by atoms with Crippen LogP contribution < -0.4 is 5.32 Å². The number of piperazine rings is 2. The zero-order chi connectivity index (χ0) is 14.7. The second-order valence-electron chi connectivity index (χ2n) is 6.42. The predicted molar refractivity (Wildman–Crippen MR) is 79.9 cm³/mol. The van der Waals surface area contributed by atoms with E-state index < -0.39 is 0 Å². The fourth-order valence-electron chi connectivity index (χ4n) is 3.70. The summed E-state index contributed by atoms with van der Waals surface area (Å²) in [6, 6.07) is 0.786. The smallest absolute Gasteiger partial charge is 0.239 e. The Morgan fingerprint density at radius 3 is 2.48 bits per heavy atom. The number of rotatable bonds is 3. The molecule has 2 heterocycles. The zero-order valence-electron chi connectivity index (χ0n) is 12.7. The second kappa shape index (κ2) is 6.75. The fourth-order valence-corrected chi connectivity index (χ4v) is 3.70. The summed E-state index contributed by atoms with van der Waals surface area (Å²) in [5.41, 5.74) is 0. The Balaban J connectivity index is 1.42. The van der Waals surface area contributed by atoms with E-state index in [1.165, 1.54) is 25.7 Å². The summed E-state index contributed by atoms with van der Waals surface area (Å²) >= 11 is 0. The van der Waals surface area contributed by atoms with Gasteiger partial charge in [0.05, 0.1) is 13.1 Å². The molecule has 3 fully saturated rings. The molecular formula is C15H26N4O2. The number of carbonyl (C=O) groups is 2. The summed E-state index contributed by atoms with van der Waals surface area (Å²) < 4.78 is 0. The third-order valence-electron chi connectivity index (χ3n) is 5.00. The third kappa shape index (κ3) is 3.74. The van der Waals surface area contributed by atoms with E-state index >= 15 is 0 Å². The summed E-state index contributed by atoms with van der Waals surface area (Å²) in [5.74, 6) is 0.0554. The van der Waals surface area contributed by atoms with Crippen molar-refractivity contribution in [3.05, 3.63) is 0 Å². The van der Waals surface area contributed by atoms with Gasteiger partial charge in [-0.1, -0.05) is 12.8 Å². The first kappa shape index (κ1) is 14.8. The number of carbonyl (C=O) groups excluding carboxylic acids is 2. The lowest BCUT2D eigenvalue weighted by Gasteiger charge is -2.38. The molecule has 6 nitrogen and oxygen atoms in total. The van der Waals surface area contributed by atoms with Crippen LogP contribution in [-0.4, -0.2) is 84.9 Å². The Bertz CT molecular complexity index is 387. The lowest BCUT2D eigenvalue weighted by atomic mass is 10.2. The van der Waals surface area contributed by atoms with E-state index in [-0.39, 0.29) is 18.4 Å². The highest BCUT2D eigenvalue weighted by molar-refractivity contribution is 5.86. The van der Waals surface area contributed by atoms with Crippen LogP contribution in [0, 0.1) is 0 Å². The van der Waals surface area contributed by atoms with Gasteiger partial charge in [0, 0.05) is 45.3 Å². The van der Waals surface area contributed by atoms with E-state index in [0.717, 1.165) is 32.2 Å². The Kier molecular flexibility index (Phi) is 4.75. The van der Waals surface area contributed by atoms with E-state index in [0.29, 0.717) is 19.6 Å². The maximum absolute atomic E-state index is 12.2. The van der Waals surface area contributed by atoms with E-state index in [4.69, 9.17) is 0 Å². The van der Waals surface area contributed by atoms with Crippen molar-refractivity contribution in [2.75, 3.05) is 52.4 Å². The molecule has 1 aliphatic carbocycles. The summed E-state index contributed by atoms with van der Waals surface area (Å²) in [6.45, 7) is 6.03. The van der Waals surface area contributed by atoms with Crippen molar-refractivity contribution in [1.29, 1.82) is 0 Å². The minimum atomic E-state index is -0.0411. The van der Waals surface area contributed by atoms with Gasteiger partial charge in [0.2, 0.25) is 11.8 Å². The average molecular weight is 294 g/mol. The van der Waals surface area contributed by atoms with Gasteiger partial charge in [0.1, 0.15) is 0 Å². The van der Waals surface area contributed by atoms with Crippen LogP contribution in [0.4, 0.5) is 0 Å². The first-order chi connectivity index (χ1) is 10.2. The van der Waals surface area contributed by atoms with E-state index in [1.54, 1.807) is 4.90 Å². The Morgan fingerprint density at radius 2 is 1.81 bits per heavy atom. The fraction of sp³-hybridized carbons (Fsp3) is 0.867. The molecule has 0 aromatic heterocycles. The van der Waals surface area contributed by atoms with Crippen LogP contribution in [0.2, 0.25) is 0 Å². The van der Waals surface area contributed by atoms with Crippen LogP contribution in [0.15, 0.2) is 0 Å². The van der Waals surface area contributed by atoms with Crippen LogP contribution >= 0.6 is 0 Å². The van der Waals surface area contributed by atoms with Crippen LogP contribution in [0.3, 0.4) is 0 Å². The number of nitrogens with one attached hydrogen (secondary N) is 1. The van der Waals surface area contributed by atoms with Gasteiger partial charge in [-0.25, -0.2) is 0 Å². The maximum Gasteiger partial charge on any atom is 0.239 e. The van der Waals surface area contributed by atoms with Crippen LogP contribution in [-0.2, 0) is 9.59 Å². The van der Waals surface area contributed by atoms with Crippen LogP contribution in [0.5, 0.6) is 0 Å². The van der Waals surface area contributed by atoms with Crippen molar-refractivity contribution in [2.45, 2.75) is 31.7 Å². The van der Waals surface area contributed by atoms with Crippen molar-refractivity contribution >= 4 is 11.8 Å². The van der Waals surface area contributed by atoms with E-state index in [2.05, 4.69) is 15.1 Å². The molecule has 2 saturated heterocycles. The summed E-state index contributed by atoms with van der Waals surface area (Å²) in [5, 5.41) is 2.75. The molecular weight excluding hydrogens is 268 g/mol. The van der Waals surface area contributed by atoms with Gasteiger partial charge >= 0.3 is 0 Å². The molecule has 21 heavy (non-hydrogen) atoms. The standard InChI is InChI=1S/C15H26N4O2/c20-14-11-19(6-5-16-14)15(21)12-17-7-9-18(10-8-17)13-3-1-2-4-13/h13H,1-12H2,(H,16,20). The van der Waals surface area contributed by atoms with Gasteiger partial charge in [0.25, 0.3) is 0 Å². The lowest BCUT2D eigenvalue weighted by Crippen LogP contribution is -2.55. The molecule has 0 aromatic rings. The Hall–Kier alpha value is -1.14. The Labute approximate surface area is 126 Å². The third-order valence-corrected chi connectivity index (χ3v) is 5.00. The van der Waals surface area contributed by atoms with Crippen molar-refractivity contribution in [1.82, 2.24) is 20.0 Å². The molecule has 0 unspecified atom stereocenters. The molecule has 1 N–H and O–H groups in total. The molecule has 0 aromatic carbocycles. The van der Waals surface area contributed by atoms with Gasteiger partial charge in [-0.15, -0.1) is 0 Å². The molecule has 118 valence electrons. The number of hydrogen-bond acceptors (Lipinski definition) is 4. The molecule has 2 aliphatic heterocycles. The van der Waals surface area contributed by atoms with Crippen molar-refractivity contribution in [3.8, 4) is 0 Å². The van der Waals surface area contributed by atoms with E-state index in [1.807, 2.05) is 0 Å². The molecule has 0 atom stereocenters. The number of amides is 2. The normalized spacial score (nSPS) is 26.1. The number of nitrogens with zero attached hydrogens (tertiary/aromatic N) is 3. The van der Waals surface area contributed by atoms with Crippen LogP contribution in [0.1, 0.15) is 25.7 Å². The predicted octanol–water partition coefficient (Wildman–Crippen LogP) is -0.495. The molecule has 3 rings (SSSR count). The van der Waals surface area contributed by atoms with Crippen LogP contribution in [0.25, 0.3) is 0 Å². The first-order valence-electron chi connectivity index (χ1n) is 8.23. The van der Waals surface area contributed by atoms with Gasteiger partial charge in [0.15, 0.2) is 0 Å². The molecule has 0 radical (unpaired) electrons. The van der Waals surface area contributed by atoms with Gasteiger partial charge in [-0.05, 0) is 12.8 Å². The van der Waals surface area contributed by atoms with Crippen molar-refractivity contribution < 1.29 is 9.59 Å². The van der Waals surface area contributed by atoms with Gasteiger partial charge in [-0.2, -0.15) is 0 Å². The first-order valence-corrected chi connectivity index (χ1v) is 8.23. The van der Waals surface area contributed by atoms with Gasteiger partial charge in [-0.3, -0.25) is 19.4 Å². The molecule has 1 saturated carbocycles. The van der Waals surface area contributed by atoms with Gasteiger partial charge < -0.3 is 10.2 Å². The van der Waals surface area contributed by atoms with Crippen molar-refractivity contribution in [2.24, 2.45) is 0 Å². The maximum atomic E-state index is 12.2. The SMILES string of the molecule is O=C1CN(C(=O)CN2CCN(C3CCCC3)CC2)CCN1. The highest BCUT2D eigenvalue weighted by Gasteiger charge is 2.28. The van der Waals surface area contributed by atoms with E-state index in [9.17, 15) is 9.59 Å². The topological polar surface area (TPSA) is 55.9 Å². The minimum absolute atomic E-state index is 0.0411. The monoisotopic (exact) mass is 294 g/mol. The highest BCUT2D eigenvalue weighted by atomic mass is 16.2. The lowest BCUT2D eigenvalue weighted by molar-refractivity contribution is -0.139. The average Bonchev–Trinajstić information content (AvgIpc) is 3.02. The molecule has 6 heteroatoms. The number of hydrogen-bond donors (Lipinski definition) is 1. The van der Waals surface area contributed by atoms with Crippen molar-refractivity contribution in [3.63, 3.8) is 0 Å². The quantitative estimate of drug-likeness (QED) is 0.763. The second-order valence-corrected chi connectivity index (χ2v) is 6.42. The summed E-state index contributed by atoms with van der Waals surface area (Å²) in [4.78, 5) is 30.1. The molecule has 0 bridgehead atoms. The minimum Gasteiger partial charge on any atom is -0.353 e. The molecule has 3 aliphatic rings. The Morgan fingerprint density at radius 1 is 1.10 bits per heavy atom. The highest BCUT2D eigenvalue weighted by Crippen LogP contribution is 2.24. The summed E-state index contributed by atoms with van der Waals surface area (Å²) in [6.07, 6.45) is 5.45. The molecule has 2 amide bonds. The zero-order valence-corrected chi connectivity index (χ0v) is 12.7. The summed E-state index contributed by atoms with van der Waals surface area (Å²) in [7, 11) is 0. The largest absolute Gasteiger partial charge is 0.353 e.